The van der Waals surface area contributed by atoms with Crippen molar-refractivity contribution in [3.05, 3.63) is 12.2 Å². The van der Waals surface area contributed by atoms with Gasteiger partial charge in [-0.25, -0.2) is 0 Å². The molecule has 0 bridgehead atoms. The smallest absolute Gasteiger partial charge is 0.306 e. The lowest BCUT2D eigenvalue weighted by Gasteiger charge is -2.65. The number of carbonyl (C=O) groups is 4. The Hall–Kier alpha value is -1.73. The van der Waals surface area contributed by atoms with Gasteiger partial charge in [0, 0.05) is 36.0 Å². The molecule has 0 aromatic rings. The largest absolute Gasteiger partial charge is 0.457 e. The minimum absolute atomic E-state index is 0.0411. The molecule has 1 N–H and O–H groups in total. The van der Waals surface area contributed by atoms with Gasteiger partial charge in [0.15, 0.2) is 18.0 Å². The van der Waals surface area contributed by atoms with Gasteiger partial charge in [-0.05, 0) is 49.5 Å². The standard InChI is InChI=1S/C28H39ClO7/c1-6-23(33)35-15-22(32)28(36-24(34)7-2)16(3)12-20-19-9-8-17-13-18(30)10-11-25(17,4)27(19,29)21(31)14-26(20,28)5/h10-11,16-17,19-21,31H,6-9,12-15H2,1-5H3/t16-,17?,19-,20-,21-,25-,26-,27-,28-/m0/s1. The topological polar surface area (TPSA) is 107 Å². The first-order valence-electron chi connectivity index (χ1n) is 13.3. The van der Waals surface area contributed by atoms with E-state index in [1.54, 1.807) is 19.9 Å². The molecule has 8 heteroatoms. The summed E-state index contributed by atoms with van der Waals surface area (Å²) in [6.45, 7) is 8.72. The second-order valence-corrected chi connectivity index (χ2v) is 12.4. The molecule has 200 valence electrons. The zero-order valence-electron chi connectivity index (χ0n) is 22.0. The van der Waals surface area contributed by atoms with Crippen molar-refractivity contribution < 1.29 is 33.8 Å². The van der Waals surface area contributed by atoms with Gasteiger partial charge in [-0.2, -0.15) is 0 Å². The number of carbonyl (C=O) groups excluding carboxylic acids is 4. The van der Waals surface area contributed by atoms with Gasteiger partial charge in [0.2, 0.25) is 5.78 Å². The molecule has 0 saturated heterocycles. The molecule has 0 aromatic carbocycles. The van der Waals surface area contributed by atoms with E-state index in [4.69, 9.17) is 21.1 Å². The molecule has 36 heavy (non-hydrogen) atoms. The van der Waals surface area contributed by atoms with Crippen molar-refractivity contribution in [3.8, 4) is 0 Å². The van der Waals surface area contributed by atoms with Crippen LogP contribution >= 0.6 is 11.6 Å². The molecule has 0 spiro atoms. The second-order valence-electron chi connectivity index (χ2n) is 11.8. The third-order valence-electron chi connectivity index (χ3n) is 10.3. The summed E-state index contributed by atoms with van der Waals surface area (Å²) in [7, 11) is 0. The zero-order valence-corrected chi connectivity index (χ0v) is 22.7. The lowest BCUT2D eigenvalue weighted by molar-refractivity contribution is -0.207. The number of hydrogen-bond donors (Lipinski definition) is 1. The van der Waals surface area contributed by atoms with Crippen LogP contribution < -0.4 is 0 Å². The highest BCUT2D eigenvalue weighted by Gasteiger charge is 2.76. The van der Waals surface area contributed by atoms with Crippen LogP contribution in [-0.4, -0.2) is 51.8 Å². The lowest BCUT2D eigenvalue weighted by Crippen LogP contribution is -2.70. The number of alkyl halides is 1. The summed E-state index contributed by atoms with van der Waals surface area (Å²) in [6.07, 6.45) is 5.41. The Morgan fingerprint density at radius 2 is 1.78 bits per heavy atom. The molecule has 3 fully saturated rings. The molecule has 7 nitrogen and oxygen atoms in total. The van der Waals surface area contributed by atoms with E-state index in [9.17, 15) is 24.3 Å². The molecule has 0 radical (unpaired) electrons. The van der Waals surface area contributed by atoms with Crippen LogP contribution in [-0.2, 0) is 28.7 Å². The van der Waals surface area contributed by atoms with Crippen molar-refractivity contribution in [2.45, 2.75) is 96.1 Å². The number of esters is 2. The quantitative estimate of drug-likeness (QED) is 0.412. The molecule has 0 heterocycles. The number of Topliss-reactive ketones (excluding diaryl/α,β-unsaturated/α-hetero) is 1. The van der Waals surface area contributed by atoms with Crippen LogP contribution in [0, 0.1) is 34.5 Å². The molecular weight excluding hydrogens is 484 g/mol. The Bertz CT molecular complexity index is 992. The number of ether oxygens (including phenoxy) is 2. The first-order valence-corrected chi connectivity index (χ1v) is 13.7. The summed E-state index contributed by atoms with van der Waals surface area (Å²) >= 11 is 7.52. The van der Waals surface area contributed by atoms with E-state index in [1.807, 2.05) is 26.8 Å². The summed E-state index contributed by atoms with van der Waals surface area (Å²) in [6, 6.07) is 0. The maximum absolute atomic E-state index is 13.9. The molecule has 4 aliphatic carbocycles. The number of allylic oxidation sites excluding steroid dienone is 2. The molecule has 0 aromatic heterocycles. The Balaban J connectivity index is 1.79. The number of rotatable bonds is 6. The average Bonchev–Trinajstić information content (AvgIpc) is 3.05. The minimum Gasteiger partial charge on any atom is -0.457 e. The maximum Gasteiger partial charge on any atom is 0.306 e. The first kappa shape index (κ1) is 27.3. The van der Waals surface area contributed by atoms with Gasteiger partial charge >= 0.3 is 11.9 Å². The predicted octanol–water partition coefficient (Wildman–Crippen LogP) is 4.17. The van der Waals surface area contributed by atoms with E-state index in [0.29, 0.717) is 19.3 Å². The van der Waals surface area contributed by atoms with Gasteiger partial charge in [0.05, 0.1) is 11.0 Å². The Labute approximate surface area is 218 Å². The van der Waals surface area contributed by atoms with E-state index in [0.717, 1.165) is 6.42 Å². The van der Waals surface area contributed by atoms with E-state index >= 15 is 0 Å². The average molecular weight is 523 g/mol. The van der Waals surface area contributed by atoms with Crippen molar-refractivity contribution in [1.29, 1.82) is 0 Å². The van der Waals surface area contributed by atoms with Crippen molar-refractivity contribution in [1.82, 2.24) is 0 Å². The van der Waals surface area contributed by atoms with Gasteiger partial charge in [0.25, 0.3) is 0 Å². The van der Waals surface area contributed by atoms with Gasteiger partial charge < -0.3 is 14.6 Å². The van der Waals surface area contributed by atoms with Gasteiger partial charge in [-0.1, -0.05) is 40.7 Å². The first-order chi connectivity index (χ1) is 16.8. The van der Waals surface area contributed by atoms with Crippen LogP contribution in [0.4, 0.5) is 0 Å². The zero-order chi connectivity index (χ0) is 26.7. The summed E-state index contributed by atoms with van der Waals surface area (Å²) in [5.74, 6) is -1.92. The fourth-order valence-electron chi connectivity index (χ4n) is 8.44. The summed E-state index contributed by atoms with van der Waals surface area (Å²) in [5.41, 5.74) is -3.01. The van der Waals surface area contributed by atoms with Crippen LogP contribution in [0.25, 0.3) is 0 Å². The number of ketones is 2. The monoisotopic (exact) mass is 522 g/mol. The molecule has 1 unspecified atom stereocenters. The van der Waals surface area contributed by atoms with E-state index in [2.05, 4.69) is 0 Å². The Kier molecular flexibility index (Phi) is 7.00. The van der Waals surface area contributed by atoms with Gasteiger partial charge in [-0.3, -0.25) is 19.2 Å². The molecule has 4 aliphatic rings. The fourth-order valence-corrected chi connectivity index (χ4v) is 8.99. The normalized spacial score (nSPS) is 45.3. The molecule has 0 amide bonds. The second kappa shape index (κ2) is 9.23. The van der Waals surface area contributed by atoms with Crippen molar-refractivity contribution in [2.24, 2.45) is 34.5 Å². The third kappa shape index (κ3) is 3.55. The van der Waals surface area contributed by atoms with Crippen LogP contribution in [0.5, 0.6) is 0 Å². The number of aliphatic hydroxyl groups excluding tert-OH is 1. The number of halogens is 1. The molecule has 9 atom stereocenters. The van der Waals surface area contributed by atoms with Gasteiger partial charge in [-0.15, -0.1) is 11.6 Å². The molecule has 0 aliphatic heterocycles. The van der Waals surface area contributed by atoms with E-state index < -0.39 is 51.7 Å². The predicted molar refractivity (Wildman–Crippen MR) is 133 cm³/mol. The van der Waals surface area contributed by atoms with E-state index in [1.165, 1.54) is 0 Å². The number of hydrogen-bond acceptors (Lipinski definition) is 7. The lowest BCUT2D eigenvalue weighted by atomic mass is 9.44. The number of fused-ring (bicyclic) bond motifs is 5. The fraction of sp³-hybridized carbons (Fsp3) is 0.786. The molecular formula is C28H39ClO7. The summed E-state index contributed by atoms with van der Waals surface area (Å²) in [5, 5.41) is 11.8. The highest BCUT2D eigenvalue weighted by Crippen LogP contribution is 2.72. The maximum atomic E-state index is 13.9. The number of aliphatic hydroxyl groups is 1. The van der Waals surface area contributed by atoms with Crippen molar-refractivity contribution in [3.63, 3.8) is 0 Å². The Morgan fingerprint density at radius 1 is 1.11 bits per heavy atom. The summed E-state index contributed by atoms with van der Waals surface area (Å²) < 4.78 is 11.3. The van der Waals surface area contributed by atoms with Crippen LogP contribution in [0.1, 0.15) is 79.6 Å². The van der Waals surface area contributed by atoms with E-state index in [-0.39, 0.29) is 48.7 Å². The van der Waals surface area contributed by atoms with Crippen molar-refractivity contribution >= 4 is 35.1 Å². The van der Waals surface area contributed by atoms with Crippen LogP contribution in [0.3, 0.4) is 0 Å². The summed E-state index contributed by atoms with van der Waals surface area (Å²) in [4.78, 5) is 49.6. The van der Waals surface area contributed by atoms with Crippen molar-refractivity contribution in [2.75, 3.05) is 6.61 Å². The third-order valence-corrected chi connectivity index (χ3v) is 11.2. The highest BCUT2D eigenvalue weighted by molar-refractivity contribution is 6.25. The Morgan fingerprint density at radius 3 is 2.42 bits per heavy atom. The minimum atomic E-state index is -1.53. The van der Waals surface area contributed by atoms with Crippen LogP contribution in [0.2, 0.25) is 0 Å². The van der Waals surface area contributed by atoms with Gasteiger partial charge in [0.1, 0.15) is 0 Å². The molecule has 3 saturated carbocycles. The SMILES string of the molecule is CCC(=O)OCC(=O)[C@@]1(OC(=O)CC)[C@@H](C)C[C@H]2[C@@H]3CCC4CC(=O)C=C[C@]4(C)[C@@]3(Cl)[C@@H](O)C[C@@]21C. The highest BCUT2D eigenvalue weighted by atomic mass is 35.5. The molecule has 4 rings (SSSR count). The van der Waals surface area contributed by atoms with Crippen LogP contribution in [0.15, 0.2) is 12.2 Å².